The molecule has 156 valence electrons. The highest BCUT2D eigenvalue weighted by molar-refractivity contribution is 9.10. The van der Waals surface area contributed by atoms with E-state index in [0.29, 0.717) is 16.9 Å². The van der Waals surface area contributed by atoms with Crippen LogP contribution in [0.3, 0.4) is 0 Å². The van der Waals surface area contributed by atoms with Crippen LogP contribution in [-0.2, 0) is 6.42 Å². The lowest BCUT2D eigenvalue weighted by atomic mass is 10.1. The largest absolute Gasteiger partial charge is 0.507 e. The second-order valence-electron chi connectivity index (χ2n) is 6.84. The predicted octanol–water partition coefficient (Wildman–Crippen LogP) is 6.32. The van der Waals surface area contributed by atoms with Crippen LogP contribution in [0, 0.1) is 0 Å². The van der Waals surface area contributed by atoms with Gasteiger partial charge in [0.05, 0.1) is 16.4 Å². The molecule has 0 aliphatic carbocycles. The number of nitrogens with zero attached hydrogens (tertiary/aromatic N) is 3. The fourth-order valence-corrected chi connectivity index (χ4v) is 3.57. The lowest BCUT2D eigenvalue weighted by Crippen LogP contribution is -2.18. The van der Waals surface area contributed by atoms with Gasteiger partial charge in [-0.05, 0) is 53.4 Å². The summed E-state index contributed by atoms with van der Waals surface area (Å²) >= 11 is 3.52. The quantitative estimate of drug-likeness (QED) is 0.348. The zero-order chi connectivity index (χ0) is 21.5. The Labute approximate surface area is 185 Å². The molecule has 0 bridgehead atoms. The Morgan fingerprint density at radius 2 is 1.77 bits per heavy atom. The fourth-order valence-electron chi connectivity index (χ4n) is 3.22. The minimum absolute atomic E-state index is 0.207. The Morgan fingerprint density at radius 3 is 2.50 bits per heavy atom. The molecule has 0 spiro atoms. The summed E-state index contributed by atoms with van der Waals surface area (Å²) in [7, 11) is 0. The Morgan fingerprint density at radius 1 is 1.07 bits per heavy atom. The summed E-state index contributed by atoms with van der Waals surface area (Å²) in [5, 5.41) is 18.2. The van der Waals surface area contributed by atoms with Gasteiger partial charge in [0.2, 0.25) is 0 Å². The molecule has 6 heteroatoms. The van der Waals surface area contributed by atoms with Crippen LogP contribution in [0.2, 0.25) is 0 Å². The summed E-state index contributed by atoms with van der Waals surface area (Å²) in [6.07, 6.45) is 3.72. The van der Waals surface area contributed by atoms with Gasteiger partial charge in [-0.25, -0.2) is 4.98 Å². The molecule has 0 saturated heterocycles. The smallest absolute Gasteiger partial charge is 0.172 e. The van der Waals surface area contributed by atoms with Crippen molar-refractivity contribution in [3.63, 3.8) is 0 Å². The van der Waals surface area contributed by atoms with Crippen molar-refractivity contribution in [1.29, 1.82) is 0 Å². The number of phenolic OH excluding ortho intramolecular Hbond substituents is 1. The average Bonchev–Trinajstić information content (AvgIpc) is 3.16. The number of fused-ring (bicyclic) bond motifs is 1. The van der Waals surface area contributed by atoms with E-state index >= 15 is 0 Å². The standard InChI is InChI=1S/C22H21BrN4O.C2H6/c1-15(11-12-16-7-3-2-4-8-16)25-21-13-19(17-9-5-6-10-20(17)28)26-22-18(23)14-24-27(21)22;1-2/h2-10,13-15,25,28H,11-12H2,1H3;1-2H3. The number of aryl methyl sites for hydroxylation is 1. The van der Waals surface area contributed by atoms with Crippen LogP contribution >= 0.6 is 15.9 Å². The van der Waals surface area contributed by atoms with E-state index in [1.54, 1.807) is 22.8 Å². The van der Waals surface area contributed by atoms with Gasteiger partial charge in [-0.2, -0.15) is 9.61 Å². The molecule has 0 radical (unpaired) electrons. The van der Waals surface area contributed by atoms with Crippen LogP contribution in [0.4, 0.5) is 5.82 Å². The first-order chi connectivity index (χ1) is 14.6. The van der Waals surface area contributed by atoms with Gasteiger partial charge in [0.25, 0.3) is 0 Å². The Bertz CT molecular complexity index is 1100. The summed E-state index contributed by atoms with van der Waals surface area (Å²) in [6, 6.07) is 19.9. The molecule has 30 heavy (non-hydrogen) atoms. The molecule has 1 unspecified atom stereocenters. The number of aromatic nitrogens is 3. The Balaban J connectivity index is 0.00000124. The monoisotopic (exact) mass is 466 g/mol. The van der Waals surface area contributed by atoms with Gasteiger partial charge in [-0.15, -0.1) is 0 Å². The van der Waals surface area contributed by atoms with Crippen molar-refractivity contribution in [2.24, 2.45) is 0 Å². The van der Waals surface area contributed by atoms with Gasteiger partial charge in [0, 0.05) is 17.7 Å². The third kappa shape index (κ3) is 5.00. The van der Waals surface area contributed by atoms with Crippen LogP contribution in [-0.4, -0.2) is 25.7 Å². The molecule has 2 aromatic carbocycles. The number of phenols is 1. The Hall–Kier alpha value is -2.86. The normalized spacial score (nSPS) is 11.6. The van der Waals surface area contributed by atoms with E-state index in [-0.39, 0.29) is 11.8 Å². The van der Waals surface area contributed by atoms with Crippen molar-refractivity contribution in [3.05, 3.63) is 76.9 Å². The molecular formula is C24H27BrN4O. The number of aromatic hydroxyl groups is 1. The van der Waals surface area contributed by atoms with Crippen molar-refractivity contribution < 1.29 is 5.11 Å². The minimum atomic E-state index is 0.207. The third-order valence-electron chi connectivity index (χ3n) is 4.71. The van der Waals surface area contributed by atoms with Crippen molar-refractivity contribution in [1.82, 2.24) is 14.6 Å². The highest BCUT2D eigenvalue weighted by atomic mass is 79.9. The summed E-state index contributed by atoms with van der Waals surface area (Å²) in [5.74, 6) is 1.05. The third-order valence-corrected chi connectivity index (χ3v) is 5.27. The van der Waals surface area contributed by atoms with Crippen LogP contribution in [0.1, 0.15) is 32.8 Å². The predicted molar refractivity (Wildman–Crippen MR) is 127 cm³/mol. The molecule has 0 fully saturated rings. The molecule has 2 heterocycles. The van der Waals surface area contributed by atoms with E-state index < -0.39 is 0 Å². The highest BCUT2D eigenvalue weighted by Crippen LogP contribution is 2.31. The zero-order valence-electron chi connectivity index (χ0n) is 17.5. The van der Waals surface area contributed by atoms with Crippen LogP contribution in [0.25, 0.3) is 16.9 Å². The number of para-hydroxylation sites is 1. The van der Waals surface area contributed by atoms with Crippen LogP contribution in [0.5, 0.6) is 5.75 Å². The van der Waals surface area contributed by atoms with E-state index in [9.17, 15) is 5.11 Å². The van der Waals surface area contributed by atoms with Crippen LogP contribution < -0.4 is 5.32 Å². The maximum absolute atomic E-state index is 10.2. The second-order valence-corrected chi connectivity index (χ2v) is 7.70. The molecule has 2 N–H and O–H groups in total. The van der Waals surface area contributed by atoms with Crippen molar-refractivity contribution in [2.45, 2.75) is 39.7 Å². The van der Waals surface area contributed by atoms with Gasteiger partial charge < -0.3 is 10.4 Å². The molecule has 4 rings (SSSR count). The van der Waals surface area contributed by atoms with Gasteiger partial charge in [0.15, 0.2) is 5.65 Å². The molecule has 0 saturated carbocycles. The molecular weight excluding hydrogens is 440 g/mol. The SMILES string of the molecule is CC.CC(CCc1ccccc1)Nc1cc(-c2ccccc2O)nc2c(Br)cnn12. The number of hydrogen-bond donors (Lipinski definition) is 2. The maximum Gasteiger partial charge on any atom is 0.172 e. The van der Waals surface area contributed by atoms with E-state index in [2.05, 4.69) is 62.5 Å². The molecule has 0 amide bonds. The maximum atomic E-state index is 10.2. The van der Waals surface area contributed by atoms with Crippen molar-refractivity contribution in [3.8, 4) is 17.0 Å². The first kappa shape index (κ1) is 21.8. The number of halogens is 1. The fraction of sp³-hybridized carbons (Fsp3) is 0.250. The number of benzene rings is 2. The van der Waals surface area contributed by atoms with Gasteiger partial charge >= 0.3 is 0 Å². The first-order valence-electron chi connectivity index (χ1n) is 10.2. The highest BCUT2D eigenvalue weighted by Gasteiger charge is 2.15. The number of rotatable bonds is 6. The van der Waals surface area contributed by atoms with Crippen molar-refractivity contribution in [2.75, 3.05) is 5.32 Å². The molecule has 5 nitrogen and oxygen atoms in total. The Kier molecular flexibility index (Phi) is 7.46. The molecule has 4 aromatic rings. The summed E-state index contributed by atoms with van der Waals surface area (Å²) < 4.78 is 2.59. The topological polar surface area (TPSA) is 62.5 Å². The molecule has 1 atom stereocenters. The van der Waals surface area contributed by atoms with Crippen molar-refractivity contribution >= 4 is 27.4 Å². The number of nitrogens with one attached hydrogen (secondary N) is 1. The van der Waals surface area contributed by atoms with Gasteiger partial charge in [-0.3, -0.25) is 0 Å². The first-order valence-corrected chi connectivity index (χ1v) is 11.0. The number of anilines is 1. The van der Waals surface area contributed by atoms with E-state index in [1.807, 2.05) is 38.1 Å². The second kappa shape index (κ2) is 10.3. The zero-order valence-corrected chi connectivity index (χ0v) is 19.1. The molecule has 2 aromatic heterocycles. The lowest BCUT2D eigenvalue weighted by molar-refractivity contribution is 0.477. The summed E-state index contributed by atoms with van der Waals surface area (Å²) in [6.45, 7) is 6.16. The van der Waals surface area contributed by atoms with Gasteiger partial charge in [0.1, 0.15) is 11.6 Å². The van der Waals surface area contributed by atoms with Gasteiger partial charge in [-0.1, -0.05) is 56.3 Å². The lowest BCUT2D eigenvalue weighted by Gasteiger charge is -2.17. The average molecular weight is 467 g/mol. The van der Waals surface area contributed by atoms with Crippen LogP contribution in [0.15, 0.2) is 71.3 Å². The summed E-state index contributed by atoms with van der Waals surface area (Å²) in [5.41, 5.74) is 3.42. The molecule has 0 aliphatic rings. The summed E-state index contributed by atoms with van der Waals surface area (Å²) in [4.78, 5) is 4.68. The van der Waals surface area contributed by atoms with E-state index in [4.69, 9.17) is 0 Å². The molecule has 0 aliphatic heterocycles. The van der Waals surface area contributed by atoms with E-state index in [1.165, 1.54) is 5.56 Å². The number of hydrogen-bond acceptors (Lipinski definition) is 4. The van der Waals surface area contributed by atoms with E-state index in [0.717, 1.165) is 23.1 Å². The minimum Gasteiger partial charge on any atom is -0.507 e.